The molecular weight excluding hydrogens is 436 g/mol. The van der Waals surface area contributed by atoms with Gasteiger partial charge in [0.25, 0.3) is 0 Å². The molecule has 2 amide bonds. The number of β-amino-alcohol motifs (C(OH)–C–C–N with tert-alkyl or cyclic N) is 1. The van der Waals surface area contributed by atoms with Crippen molar-refractivity contribution in [3.63, 3.8) is 0 Å². The Hall–Kier alpha value is -2.19. The van der Waals surface area contributed by atoms with Crippen LogP contribution in [0.4, 0.5) is 0 Å². The van der Waals surface area contributed by atoms with Gasteiger partial charge in [-0.1, -0.05) is 25.5 Å². The summed E-state index contributed by atoms with van der Waals surface area (Å²) in [5.74, 6) is -2.51. The molecular formula is C26H40N2O6. The zero-order valence-corrected chi connectivity index (χ0v) is 20.7. The summed E-state index contributed by atoms with van der Waals surface area (Å²) >= 11 is 0. The van der Waals surface area contributed by atoms with Crippen LogP contribution in [0.1, 0.15) is 58.8 Å². The monoisotopic (exact) mass is 476 g/mol. The molecule has 0 aliphatic carbocycles. The highest BCUT2D eigenvalue weighted by Gasteiger charge is 2.78. The van der Waals surface area contributed by atoms with E-state index in [2.05, 4.69) is 20.1 Å². The molecule has 3 aliphatic rings. The number of ether oxygens (including phenoxy) is 2. The van der Waals surface area contributed by atoms with Gasteiger partial charge in [0.1, 0.15) is 17.6 Å². The number of aliphatic hydroxyl groups is 1. The maximum absolute atomic E-state index is 13.8. The predicted molar refractivity (Wildman–Crippen MR) is 128 cm³/mol. The van der Waals surface area contributed by atoms with E-state index in [4.69, 9.17) is 9.47 Å². The first kappa shape index (κ1) is 26.4. The molecule has 34 heavy (non-hydrogen) atoms. The van der Waals surface area contributed by atoms with Crippen LogP contribution in [0.15, 0.2) is 25.3 Å². The number of fused-ring (bicyclic) bond motifs is 1. The van der Waals surface area contributed by atoms with E-state index in [0.29, 0.717) is 25.9 Å². The second-order valence-corrected chi connectivity index (χ2v) is 9.86. The van der Waals surface area contributed by atoms with Gasteiger partial charge in [0.05, 0.1) is 24.7 Å². The first-order chi connectivity index (χ1) is 16.3. The largest absolute Gasteiger partial charge is 0.465 e. The summed E-state index contributed by atoms with van der Waals surface area (Å²) < 4.78 is 12.1. The average molecular weight is 477 g/mol. The standard InChI is InChI=1S/C26H40N2O6/c1-5-8-10-11-18-33-24(32)20-19-22(30)28(16-17-29)21(26(19)13-12-25(20,4)34-26)23(31)27(14-7-3)15-9-6-2/h5,7,19-21,29H,1,3,6,8-18H2,2,4H3/t19-,20-,21?,25+,26?/m0/s1. The fourth-order valence-corrected chi connectivity index (χ4v) is 6.03. The number of carbonyl (C=O) groups is 3. The first-order valence-corrected chi connectivity index (χ1v) is 12.6. The van der Waals surface area contributed by atoms with Crippen molar-refractivity contribution in [3.05, 3.63) is 25.3 Å². The molecule has 0 aromatic rings. The molecule has 2 bridgehead atoms. The summed E-state index contributed by atoms with van der Waals surface area (Å²) in [5, 5.41) is 9.70. The minimum atomic E-state index is -1.09. The van der Waals surface area contributed by atoms with Crippen molar-refractivity contribution in [1.82, 2.24) is 9.80 Å². The lowest BCUT2D eigenvalue weighted by Gasteiger charge is -2.36. The number of likely N-dealkylation sites (tertiary alicyclic amines) is 1. The summed E-state index contributed by atoms with van der Waals surface area (Å²) in [7, 11) is 0. The van der Waals surface area contributed by atoms with Crippen LogP contribution >= 0.6 is 0 Å². The molecule has 3 aliphatic heterocycles. The number of nitrogens with zero attached hydrogens (tertiary/aromatic N) is 2. The molecule has 0 radical (unpaired) electrons. The number of esters is 1. The number of hydrogen-bond donors (Lipinski definition) is 1. The van der Waals surface area contributed by atoms with E-state index in [1.165, 1.54) is 4.90 Å². The summed E-state index contributed by atoms with van der Waals surface area (Å²) in [4.78, 5) is 43.9. The van der Waals surface area contributed by atoms with Gasteiger partial charge < -0.3 is 24.4 Å². The van der Waals surface area contributed by atoms with E-state index in [1.54, 1.807) is 11.0 Å². The van der Waals surface area contributed by atoms with Gasteiger partial charge in [-0.2, -0.15) is 0 Å². The molecule has 1 N–H and O–H groups in total. The van der Waals surface area contributed by atoms with Gasteiger partial charge in [0.2, 0.25) is 11.8 Å². The van der Waals surface area contributed by atoms with E-state index >= 15 is 0 Å². The van der Waals surface area contributed by atoms with Crippen molar-refractivity contribution in [3.8, 4) is 0 Å². The van der Waals surface area contributed by atoms with E-state index in [1.807, 2.05) is 13.0 Å². The van der Waals surface area contributed by atoms with Crippen LogP contribution in [0.5, 0.6) is 0 Å². The van der Waals surface area contributed by atoms with Crippen molar-refractivity contribution in [1.29, 1.82) is 0 Å². The number of hydrogen-bond acceptors (Lipinski definition) is 6. The zero-order valence-electron chi connectivity index (χ0n) is 20.7. The fraction of sp³-hybridized carbons (Fsp3) is 0.731. The van der Waals surface area contributed by atoms with Crippen LogP contribution in [0, 0.1) is 11.8 Å². The van der Waals surface area contributed by atoms with Crippen LogP contribution in [0.3, 0.4) is 0 Å². The molecule has 2 unspecified atom stereocenters. The zero-order chi connectivity index (χ0) is 24.9. The van der Waals surface area contributed by atoms with Crippen molar-refractivity contribution in [2.45, 2.75) is 76.0 Å². The highest BCUT2D eigenvalue weighted by molar-refractivity contribution is 5.98. The molecule has 3 saturated heterocycles. The molecule has 8 heteroatoms. The molecule has 3 rings (SSSR count). The molecule has 0 aromatic carbocycles. The lowest BCUT2D eigenvalue weighted by atomic mass is 9.66. The molecule has 0 aromatic heterocycles. The lowest BCUT2D eigenvalue weighted by Crippen LogP contribution is -2.56. The summed E-state index contributed by atoms with van der Waals surface area (Å²) in [5.41, 5.74) is -1.94. The van der Waals surface area contributed by atoms with Crippen LogP contribution in [-0.2, 0) is 23.9 Å². The number of amides is 2. The van der Waals surface area contributed by atoms with Crippen molar-refractivity contribution in [2.75, 3.05) is 32.8 Å². The Bertz CT molecular complexity index is 800. The maximum Gasteiger partial charge on any atom is 0.312 e. The third-order valence-corrected chi connectivity index (χ3v) is 7.60. The topological polar surface area (TPSA) is 96.4 Å². The molecule has 0 saturated carbocycles. The van der Waals surface area contributed by atoms with Gasteiger partial charge in [0, 0.05) is 19.6 Å². The SMILES string of the molecule is C=CCCCCOC(=O)[C@@H]1[C@H]2C(=O)N(CCO)C(C(=O)N(CC=C)CCCC)C23CC[C@@]1(C)O3. The van der Waals surface area contributed by atoms with Gasteiger partial charge in [-0.25, -0.2) is 0 Å². The molecule has 8 nitrogen and oxygen atoms in total. The quantitative estimate of drug-likeness (QED) is 0.235. The normalized spacial score (nSPS) is 31.4. The van der Waals surface area contributed by atoms with E-state index in [0.717, 1.165) is 32.1 Å². The smallest absolute Gasteiger partial charge is 0.312 e. The van der Waals surface area contributed by atoms with E-state index in [-0.39, 0.29) is 31.6 Å². The minimum Gasteiger partial charge on any atom is -0.465 e. The maximum atomic E-state index is 13.8. The van der Waals surface area contributed by atoms with E-state index < -0.39 is 35.0 Å². The number of unbranched alkanes of at least 4 members (excludes halogenated alkanes) is 3. The molecule has 3 fully saturated rings. The highest BCUT2D eigenvalue weighted by Crippen LogP contribution is 2.63. The number of carbonyl (C=O) groups excluding carboxylic acids is 3. The summed E-state index contributed by atoms with van der Waals surface area (Å²) in [6.07, 6.45) is 8.79. The number of rotatable bonds is 14. The molecule has 5 atom stereocenters. The van der Waals surface area contributed by atoms with Gasteiger partial charge in [0.15, 0.2) is 0 Å². The van der Waals surface area contributed by atoms with Gasteiger partial charge in [-0.15, -0.1) is 13.2 Å². The Kier molecular flexibility index (Phi) is 8.57. The third kappa shape index (κ3) is 4.54. The molecule has 1 spiro atoms. The third-order valence-electron chi connectivity index (χ3n) is 7.60. The van der Waals surface area contributed by atoms with Crippen LogP contribution in [-0.4, -0.2) is 82.8 Å². The minimum absolute atomic E-state index is 0.0204. The van der Waals surface area contributed by atoms with Crippen molar-refractivity contribution in [2.24, 2.45) is 11.8 Å². The Labute approximate surface area is 202 Å². The number of aliphatic hydroxyl groups excluding tert-OH is 1. The summed E-state index contributed by atoms with van der Waals surface area (Å²) in [6.45, 7) is 12.3. The second-order valence-electron chi connectivity index (χ2n) is 9.86. The van der Waals surface area contributed by atoms with Gasteiger partial charge >= 0.3 is 5.97 Å². The number of allylic oxidation sites excluding steroid dienone is 1. The second kappa shape index (κ2) is 11.0. The van der Waals surface area contributed by atoms with Crippen LogP contribution in [0.2, 0.25) is 0 Å². The lowest BCUT2D eigenvalue weighted by molar-refractivity contribution is -0.160. The Balaban J connectivity index is 1.90. The average Bonchev–Trinajstić information content (AvgIpc) is 3.37. The van der Waals surface area contributed by atoms with Gasteiger partial charge in [-0.05, 0) is 45.4 Å². The Morgan fingerprint density at radius 1 is 1.26 bits per heavy atom. The van der Waals surface area contributed by atoms with Crippen molar-refractivity contribution >= 4 is 17.8 Å². The molecule has 3 heterocycles. The van der Waals surface area contributed by atoms with Crippen molar-refractivity contribution < 1.29 is 29.0 Å². The predicted octanol–water partition coefficient (Wildman–Crippen LogP) is 2.46. The first-order valence-electron chi connectivity index (χ1n) is 12.6. The van der Waals surface area contributed by atoms with Crippen LogP contribution in [0.25, 0.3) is 0 Å². The summed E-state index contributed by atoms with van der Waals surface area (Å²) in [6, 6.07) is -0.874. The Morgan fingerprint density at radius 2 is 2.03 bits per heavy atom. The Morgan fingerprint density at radius 3 is 2.68 bits per heavy atom. The van der Waals surface area contributed by atoms with Crippen LogP contribution < -0.4 is 0 Å². The fourth-order valence-electron chi connectivity index (χ4n) is 6.03. The van der Waals surface area contributed by atoms with Gasteiger partial charge in [-0.3, -0.25) is 14.4 Å². The van der Waals surface area contributed by atoms with E-state index in [9.17, 15) is 19.5 Å². The highest BCUT2D eigenvalue weighted by atomic mass is 16.6. The molecule has 190 valence electrons.